The maximum atomic E-state index is 11.6. The van der Waals surface area contributed by atoms with Crippen LogP contribution in [0.3, 0.4) is 0 Å². The summed E-state index contributed by atoms with van der Waals surface area (Å²) in [6, 6.07) is 4.28. The minimum Gasteiger partial charge on any atom is -0.379 e. The molecule has 0 saturated heterocycles. The molecule has 1 rings (SSSR count). The number of nitro benzene ring substituents is 1. The summed E-state index contributed by atoms with van der Waals surface area (Å²) >= 11 is 1.71. The van der Waals surface area contributed by atoms with Crippen LogP contribution in [0.25, 0.3) is 0 Å². The Hall–Kier alpha value is -1.28. The fourth-order valence-corrected chi connectivity index (χ4v) is 2.90. The number of nitrogens with zero attached hydrogens (tertiary/aromatic N) is 1. The molecule has 0 aliphatic heterocycles. The van der Waals surface area contributed by atoms with E-state index < -0.39 is 14.8 Å². The fourth-order valence-electron chi connectivity index (χ4n) is 1.68. The van der Waals surface area contributed by atoms with Crippen molar-refractivity contribution in [1.29, 1.82) is 0 Å². The van der Waals surface area contributed by atoms with Crippen LogP contribution in [0, 0.1) is 10.1 Å². The number of hydrogen-bond donors (Lipinski definition) is 1. The highest BCUT2D eigenvalue weighted by atomic mass is 32.2. The van der Waals surface area contributed by atoms with Crippen LogP contribution >= 0.6 is 11.8 Å². The molecule has 1 unspecified atom stereocenters. The monoisotopic (exact) mass is 318 g/mol. The van der Waals surface area contributed by atoms with Crippen molar-refractivity contribution in [3.05, 3.63) is 28.3 Å². The van der Waals surface area contributed by atoms with Crippen LogP contribution in [0.2, 0.25) is 0 Å². The first-order valence-electron chi connectivity index (χ1n) is 6.01. The summed E-state index contributed by atoms with van der Waals surface area (Å²) in [6.45, 7) is 2.61. The number of nitrogens with one attached hydrogen (secondary N) is 1. The third-order valence-electron chi connectivity index (χ3n) is 2.85. The molecule has 1 aromatic carbocycles. The standard InChI is InChI=1S/C12H18N2O4S2/c1-9(19-2)7-8-13-10-5-4-6-11(20(3,17)18)12(10)14(15)16/h4-6,9,13H,7-8H2,1-3H3. The molecule has 1 aromatic rings. The Labute approximate surface area is 123 Å². The first-order valence-corrected chi connectivity index (χ1v) is 9.19. The normalized spacial score (nSPS) is 12.9. The zero-order valence-electron chi connectivity index (χ0n) is 11.6. The number of anilines is 1. The van der Waals surface area contributed by atoms with Crippen molar-refractivity contribution in [2.45, 2.75) is 23.5 Å². The van der Waals surface area contributed by atoms with E-state index in [1.54, 1.807) is 11.8 Å². The first-order chi connectivity index (χ1) is 9.27. The summed E-state index contributed by atoms with van der Waals surface area (Å²) in [5, 5.41) is 14.5. The average molecular weight is 318 g/mol. The Kier molecular flexibility index (Phi) is 5.82. The molecule has 0 aromatic heterocycles. The minimum atomic E-state index is -3.63. The van der Waals surface area contributed by atoms with Crippen LogP contribution in [0.4, 0.5) is 11.4 Å². The molecule has 0 aliphatic carbocycles. The van der Waals surface area contributed by atoms with E-state index in [1.807, 2.05) is 6.26 Å². The number of benzene rings is 1. The lowest BCUT2D eigenvalue weighted by atomic mass is 10.2. The molecule has 0 aliphatic rings. The van der Waals surface area contributed by atoms with Gasteiger partial charge in [-0.1, -0.05) is 13.0 Å². The van der Waals surface area contributed by atoms with E-state index in [0.717, 1.165) is 12.7 Å². The highest BCUT2D eigenvalue weighted by Crippen LogP contribution is 2.31. The van der Waals surface area contributed by atoms with Gasteiger partial charge in [0.1, 0.15) is 10.6 Å². The fraction of sp³-hybridized carbons (Fsp3) is 0.500. The molecule has 8 heteroatoms. The van der Waals surface area contributed by atoms with E-state index in [4.69, 9.17) is 0 Å². The molecule has 0 amide bonds. The number of nitro groups is 1. The van der Waals surface area contributed by atoms with Crippen molar-refractivity contribution < 1.29 is 13.3 Å². The van der Waals surface area contributed by atoms with Gasteiger partial charge in [-0.05, 0) is 24.8 Å². The summed E-state index contributed by atoms with van der Waals surface area (Å²) in [6.07, 6.45) is 3.80. The molecule has 1 N–H and O–H groups in total. The molecule has 0 spiro atoms. The summed E-state index contributed by atoms with van der Waals surface area (Å²) in [4.78, 5) is 10.2. The second kappa shape index (κ2) is 6.94. The molecule has 0 saturated carbocycles. The third-order valence-corrected chi connectivity index (χ3v) is 5.02. The highest BCUT2D eigenvalue weighted by Gasteiger charge is 2.25. The second-order valence-electron chi connectivity index (χ2n) is 4.44. The number of sulfone groups is 1. The molecular weight excluding hydrogens is 300 g/mol. The van der Waals surface area contributed by atoms with E-state index >= 15 is 0 Å². The topological polar surface area (TPSA) is 89.3 Å². The Morgan fingerprint density at radius 1 is 1.45 bits per heavy atom. The van der Waals surface area contributed by atoms with Gasteiger partial charge in [0.05, 0.1) is 4.92 Å². The smallest absolute Gasteiger partial charge is 0.310 e. The van der Waals surface area contributed by atoms with Crippen molar-refractivity contribution >= 4 is 33.0 Å². The number of rotatable bonds is 7. The van der Waals surface area contributed by atoms with E-state index in [9.17, 15) is 18.5 Å². The van der Waals surface area contributed by atoms with Crippen LogP contribution in [0.5, 0.6) is 0 Å². The SMILES string of the molecule is CSC(C)CCNc1cccc(S(C)(=O)=O)c1[N+](=O)[O-]. The van der Waals surface area contributed by atoms with Crippen LogP contribution in [0.15, 0.2) is 23.1 Å². The average Bonchev–Trinajstić information content (AvgIpc) is 2.36. The van der Waals surface area contributed by atoms with Gasteiger partial charge in [-0.25, -0.2) is 8.42 Å². The summed E-state index contributed by atoms with van der Waals surface area (Å²) < 4.78 is 23.2. The number of hydrogen-bond acceptors (Lipinski definition) is 6. The molecule has 20 heavy (non-hydrogen) atoms. The third kappa shape index (κ3) is 4.38. The lowest BCUT2D eigenvalue weighted by Crippen LogP contribution is -2.11. The van der Waals surface area contributed by atoms with Gasteiger partial charge in [0, 0.05) is 18.1 Å². The summed E-state index contributed by atoms with van der Waals surface area (Å²) in [5.41, 5.74) is -0.141. The summed E-state index contributed by atoms with van der Waals surface area (Å²) in [5.74, 6) is 0. The molecule has 0 radical (unpaired) electrons. The van der Waals surface area contributed by atoms with Crippen molar-refractivity contribution in [2.75, 3.05) is 24.4 Å². The van der Waals surface area contributed by atoms with E-state index in [0.29, 0.717) is 11.8 Å². The Morgan fingerprint density at radius 3 is 2.60 bits per heavy atom. The van der Waals surface area contributed by atoms with Crippen molar-refractivity contribution in [1.82, 2.24) is 0 Å². The highest BCUT2D eigenvalue weighted by molar-refractivity contribution is 7.99. The predicted octanol–water partition coefficient (Wildman–Crippen LogP) is 2.55. The first kappa shape index (κ1) is 16.8. The Balaban J connectivity index is 3.05. The van der Waals surface area contributed by atoms with Gasteiger partial charge in [0.15, 0.2) is 9.84 Å². The van der Waals surface area contributed by atoms with Crippen molar-refractivity contribution in [2.24, 2.45) is 0 Å². The maximum absolute atomic E-state index is 11.6. The lowest BCUT2D eigenvalue weighted by molar-refractivity contribution is -0.386. The maximum Gasteiger partial charge on any atom is 0.310 e. The van der Waals surface area contributed by atoms with E-state index in [1.165, 1.54) is 18.2 Å². The lowest BCUT2D eigenvalue weighted by Gasteiger charge is -2.11. The molecule has 112 valence electrons. The molecule has 0 fully saturated rings. The Morgan fingerprint density at radius 2 is 2.10 bits per heavy atom. The molecule has 6 nitrogen and oxygen atoms in total. The zero-order valence-corrected chi connectivity index (χ0v) is 13.3. The van der Waals surface area contributed by atoms with Gasteiger partial charge in [-0.2, -0.15) is 11.8 Å². The zero-order chi connectivity index (χ0) is 15.3. The van der Waals surface area contributed by atoms with Crippen LogP contribution in [0.1, 0.15) is 13.3 Å². The van der Waals surface area contributed by atoms with Gasteiger partial charge < -0.3 is 5.32 Å². The van der Waals surface area contributed by atoms with Crippen LogP contribution < -0.4 is 5.32 Å². The largest absolute Gasteiger partial charge is 0.379 e. The molecule has 0 bridgehead atoms. The van der Waals surface area contributed by atoms with Gasteiger partial charge >= 0.3 is 5.69 Å². The van der Waals surface area contributed by atoms with Crippen LogP contribution in [-0.4, -0.2) is 37.6 Å². The minimum absolute atomic E-state index is 0.242. The van der Waals surface area contributed by atoms with Gasteiger partial charge in [-0.3, -0.25) is 10.1 Å². The van der Waals surface area contributed by atoms with Gasteiger partial charge in [0.2, 0.25) is 0 Å². The van der Waals surface area contributed by atoms with Crippen LogP contribution in [-0.2, 0) is 9.84 Å². The quantitative estimate of drug-likeness (QED) is 0.614. The van der Waals surface area contributed by atoms with Crippen molar-refractivity contribution in [3.8, 4) is 0 Å². The summed E-state index contributed by atoms with van der Waals surface area (Å²) in [7, 11) is -3.63. The number of para-hydroxylation sites is 1. The number of thioether (sulfide) groups is 1. The molecule has 0 heterocycles. The predicted molar refractivity (Wildman–Crippen MR) is 82.3 cm³/mol. The molecule has 1 atom stereocenters. The Bertz CT molecular complexity index is 587. The van der Waals surface area contributed by atoms with Crippen molar-refractivity contribution in [3.63, 3.8) is 0 Å². The molecular formula is C12H18N2O4S2. The van der Waals surface area contributed by atoms with E-state index in [-0.39, 0.29) is 16.3 Å². The van der Waals surface area contributed by atoms with E-state index in [2.05, 4.69) is 12.2 Å². The van der Waals surface area contributed by atoms with Gasteiger partial charge in [-0.15, -0.1) is 0 Å². The second-order valence-corrected chi connectivity index (χ2v) is 7.70. The van der Waals surface area contributed by atoms with Gasteiger partial charge in [0.25, 0.3) is 0 Å².